The van der Waals surface area contributed by atoms with Crippen molar-refractivity contribution >= 4 is 5.97 Å². The Balaban J connectivity index is 2.09. The van der Waals surface area contributed by atoms with Gasteiger partial charge in [0.05, 0.1) is 5.56 Å². The lowest BCUT2D eigenvalue weighted by Gasteiger charge is -2.39. The number of likely N-dealkylation sites (N-methyl/N-ethyl adjacent to an activating group) is 1. The number of carboxylic acids is 1. The molecule has 1 aliphatic heterocycles. The third-order valence-electron chi connectivity index (χ3n) is 3.95. The van der Waals surface area contributed by atoms with Crippen molar-refractivity contribution in [2.75, 3.05) is 26.2 Å². The normalized spacial score (nSPS) is 21.1. The Morgan fingerprint density at radius 3 is 2.80 bits per heavy atom. The lowest BCUT2D eigenvalue weighted by Crippen LogP contribution is -2.51. The number of rotatable bonds is 4. The molecule has 110 valence electrons. The fraction of sp³-hybridized carbons (Fsp3) is 0.533. The minimum absolute atomic E-state index is 0.0653. The molecule has 4 nitrogen and oxygen atoms in total. The predicted octanol–water partition coefficient (Wildman–Crippen LogP) is 2.05. The molecule has 0 aromatic heterocycles. The quantitative estimate of drug-likeness (QED) is 0.916. The van der Waals surface area contributed by atoms with E-state index in [4.69, 9.17) is 5.11 Å². The zero-order valence-corrected chi connectivity index (χ0v) is 12.0. The zero-order chi connectivity index (χ0) is 14.7. The van der Waals surface area contributed by atoms with Crippen molar-refractivity contribution in [2.24, 2.45) is 0 Å². The van der Waals surface area contributed by atoms with E-state index < -0.39 is 11.8 Å². The van der Waals surface area contributed by atoms with Gasteiger partial charge in [0.25, 0.3) is 0 Å². The molecule has 0 spiro atoms. The molecule has 2 rings (SSSR count). The summed E-state index contributed by atoms with van der Waals surface area (Å²) in [6, 6.07) is 4.47. The molecule has 20 heavy (non-hydrogen) atoms. The maximum Gasteiger partial charge on any atom is 0.336 e. The molecule has 5 heteroatoms. The molecular weight excluding hydrogens is 259 g/mol. The monoisotopic (exact) mass is 280 g/mol. The molecule has 1 atom stereocenters. The van der Waals surface area contributed by atoms with E-state index in [9.17, 15) is 9.18 Å². The van der Waals surface area contributed by atoms with E-state index in [1.54, 1.807) is 6.07 Å². The summed E-state index contributed by atoms with van der Waals surface area (Å²) in [5.41, 5.74) is 0.742. The van der Waals surface area contributed by atoms with Gasteiger partial charge in [0.1, 0.15) is 5.82 Å². The van der Waals surface area contributed by atoms with Gasteiger partial charge in [-0.2, -0.15) is 0 Å². The number of carboxylic acid groups (broad SMARTS) is 1. The number of nitrogens with zero attached hydrogens (tertiary/aromatic N) is 2. The Kier molecular flexibility index (Phi) is 4.73. The lowest BCUT2D eigenvalue weighted by molar-refractivity contribution is 0.0686. The van der Waals surface area contributed by atoms with E-state index in [2.05, 4.69) is 23.6 Å². The van der Waals surface area contributed by atoms with Crippen LogP contribution >= 0.6 is 0 Å². The second kappa shape index (κ2) is 6.33. The maximum absolute atomic E-state index is 13.2. The van der Waals surface area contributed by atoms with Gasteiger partial charge in [-0.3, -0.25) is 9.80 Å². The fourth-order valence-electron chi connectivity index (χ4n) is 2.81. The predicted molar refractivity (Wildman–Crippen MR) is 75.3 cm³/mol. The molecule has 0 saturated carbocycles. The van der Waals surface area contributed by atoms with Crippen LogP contribution < -0.4 is 0 Å². The van der Waals surface area contributed by atoms with Crippen LogP contribution in [0.2, 0.25) is 0 Å². The Labute approximate surface area is 118 Å². The van der Waals surface area contributed by atoms with Gasteiger partial charge in [0, 0.05) is 32.2 Å². The summed E-state index contributed by atoms with van der Waals surface area (Å²) in [5.74, 6) is -1.57. The van der Waals surface area contributed by atoms with Crippen LogP contribution in [0.25, 0.3) is 0 Å². The smallest absolute Gasteiger partial charge is 0.336 e. The molecule has 1 aromatic rings. The first-order valence-corrected chi connectivity index (χ1v) is 6.99. The van der Waals surface area contributed by atoms with Crippen molar-refractivity contribution in [3.8, 4) is 0 Å². The van der Waals surface area contributed by atoms with Crippen LogP contribution in [0, 0.1) is 5.82 Å². The second-order valence-corrected chi connectivity index (χ2v) is 5.32. The standard InChI is InChI=1S/C15H21FN2O2/c1-3-18-7-6-17(9-11(18)2)10-12-4-5-13(16)8-14(12)15(19)20/h4-5,8,11H,3,6-7,9-10H2,1-2H3,(H,19,20). The number of carbonyl (C=O) groups is 1. The van der Waals surface area contributed by atoms with Crippen molar-refractivity contribution < 1.29 is 14.3 Å². The van der Waals surface area contributed by atoms with Crippen molar-refractivity contribution in [2.45, 2.75) is 26.4 Å². The molecule has 1 heterocycles. The van der Waals surface area contributed by atoms with Gasteiger partial charge in [-0.05, 0) is 31.2 Å². The zero-order valence-electron chi connectivity index (χ0n) is 12.0. The molecule has 0 aliphatic carbocycles. The minimum atomic E-state index is -1.07. The highest BCUT2D eigenvalue weighted by atomic mass is 19.1. The number of benzene rings is 1. The molecular formula is C15H21FN2O2. The molecule has 0 radical (unpaired) electrons. The average Bonchev–Trinajstić information content (AvgIpc) is 2.41. The maximum atomic E-state index is 13.2. The van der Waals surface area contributed by atoms with Crippen LogP contribution in [0.5, 0.6) is 0 Å². The molecule has 0 amide bonds. The molecule has 0 bridgehead atoms. The van der Waals surface area contributed by atoms with Crippen molar-refractivity contribution in [1.82, 2.24) is 9.80 Å². The summed E-state index contributed by atoms with van der Waals surface area (Å²) in [6.45, 7) is 8.73. The van der Waals surface area contributed by atoms with Crippen LogP contribution in [0.3, 0.4) is 0 Å². The number of hydrogen-bond acceptors (Lipinski definition) is 3. The van der Waals surface area contributed by atoms with E-state index in [1.807, 2.05) is 0 Å². The average molecular weight is 280 g/mol. The van der Waals surface area contributed by atoms with Gasteiger partial charge in [-0.15, -0.1) is 0 Å². The number of halogens is 1. The van der Waals surface area contributed by atoms with Gasteiger partial charge in [0.15, 0.2) is 0 Å². The largest absolute Gasteiger partial charge is 0.478 e. The van der Waals surface area contributed by atoms with E-state index in [0.717, 1.165) is 32.2 Å². The van der Waals surface area contributed by atoms with E-state index in [0.29, 0.717) is 18.2 Å². The molecule has 1 N–H and O–H groups in total. The first-order chi connectivity index (χ1) is 9.51. The van der Waals surface area contributed by atoms with E-state index in [-0.39, 0.29) is 5.56 Å². The number of hydrogen-bond donors (Lipinski definition) is 1. The Bertz CT molecular complexity index is 493. The third-order valence-corrected chi connectivity index (χ3v) is 3.95. The van der Waals surface area contributed by atoms with Crippen molar-refractivity contribution in [1.29, 1.82) is 0 Å². The number of piperazine rings is 1. The SMILES string of the molecule is CCN1CCN(Cc2ccc(F)cc2C(=O)O)CC1C. The summed E-state index contributed by atoms with van der Waals surface area (Å²) >= 11 is 0. The molecule has 1 aliphatic rings. The summed E-state index contributed by atoms with van der Waals surface area (Å²) < 4.78 is 13.2. The molecule has 1 unspecified atom stereocenters. The van der Waals surface area contributed by atoms with Gasteiger partial charge >= 0.3 is 5.97 Å². The van der Waals surface area contributed by atoms with Gasteiger partial charge in [0.2, 0.25) is 0 Å². The van der Waals surface area contributed by atoms with Crippen LogP contribution in [0.1, 0.15) is 29.8 Å². The molecule has 1 fully saturated rings. The van der Waals surface area contributed by atoms with Crippen LogP contribution in [0.4, 0.5) is 4.39 Å². The highest BCUT2D eigenvalue weighted by Gasteiger charge is 2.23. The van der Waals surface area contributed by atoms with E-state index in [1.165, 1.54) is 6.07 Å². The van der Waals surface area contributed by atoms with Gasteiger partial charge in [-0.1, -0.05) is 13.0 Å². The summed E-state index contributed by atoms with van der Waals surface area (Å²) in [5, 5.41) is 9.16. The molecule has 1 aromatic carbocycles. The van der Waals surface area contributed by atoms with Crippen LogP contribution in [-0.2, 0) is 6.54 Å². The van der Waals surface area contributed by atoms with Gasteiger partial charge in [-0.25, -0.2) is 9.18 Å². The minimum Gasteiger partial charge on any atom is -0.478 e. The molecule has 1 saturated heterocycles. The summed E-state index contributed by atoms with van der Waals surface area (Å²) in [4.78, 5) is 15.8. The first-order valence-electron chi connectivity index (χ1n) is 6.99. The Hall–Kier alpha value is -1.46. The topological polar surface area (TPSA) is 43.8 Å². The summed E-state index contributed by atoms with van der Waals surface area (Å²) in [6.07, 6.45) is 0. The summed E-state index contributed by atoms with van der Waals surface area (Å²) in [7, 11) is 0. The Morgan fingerprint density at radius 1 is 1.45 bits per heavy atom. The third kappa shape index (κ3) is 3.35. The van der Waals surface area contributed by atoms with E-state index >= 15 is 0 Å². The highest BCUT2D eigenvalue weighted by molar-refractivity contribution is 5.89. The van der Waals surface area contributed by atoms with Crippen molar-refractivity contribution in [3.63, 3.8) is 0 Å². The first kappa shape index (κ1) is 14.9. The van der Waals surface area contributed by atoms with Crippen LogP contribution in [0.15, 0.2) is 18.2 Å². The van der Waals surface area contributed by atoms with Gasteiger partial charge < -0.3 is 5.11 Å². The second-order valence-electron chi connectivity index (χ2n) is 5.32. The highest BCUT2D eigenvalue weighted by Crippen LogP contribution is 2.17. The number of aromatic carboxylic acids is 1. The lowest BCUT2D eigenvalue weighted by atomic mass is 10.1. The Morgan fingerprint density at radius 2 is 2.20 bits per heavy atom. The van der Waals surface area contributed by atoms with Crippen LogP contribution in [-0.4, -0.2) is 53.1 Å². The fourth-order valence-corrected chi connectivity index (χ4v) is 2.81. The van der Waals surface area contributed by atoms with Crippen molar-refractivity contribution in [3.05, 3.63) is 35.1 Å².